The first-order valence-electron chi connectivity index (χ1n) is 4.16. The molecule has 3 nitrogen and oxygen atoms in total. The first-order chi connectivity index (χ1) is 6.15. The molecule has 0 saturated heterocycles. The summed E-state index contributed by atoms with van der Waals surface area (Å²) < 4.78 is 0. The number of nitrogens with one attached hydrogen (secondary N) is 2. The fourth-order valence-electron chi connectivity index (χ4n) is 0.734. The van der Waals surface area contributed by atoms with Crippen LogP contribution in [0.1, 0.15) is 13.8 Å². The fourth-order valence-corrected chi connectivity index (χ4v) is 0.734. The Morgan fingerprint density at radius 3 is 2.46 bits per heavy atom. The van der Waals surface area contributed by atoms with Crippen LogP contribution in [0.3, 0.4) is 0 Å². The van der Waals surface area contributed by atoms with Gasteiger partial charge in [0.05, 0.1) is 18.5 Å². The van der Waals surface area contributed by atoms with Crippen molar-refractivity contribution in [1.29, 1.82) is 0 Å². The number of rotatable bonds is 5. The summed E-state index contributed by atoms with van der Waals surface area (Å²) in [5.74, 6) is 0. The zero-order valence-electron chi connectivity index (χ0n) is 8.77. The molecule has 0 radical (unpaired) electrons. The van der Waals surface area contributed by atoms with Crippen LogP contribution in [0.2, 0.25) is 0 Å². The SMILES string of the molecule is C=C(NC)/C(=C\C(C)=C/C)NOC. The van der Waals surface area contributed by atoms with E-state index in [1.165, 1.54) is 0 Å². The van der Waals surface area contributed by atoms with Gasteiger partial charge < -0.3 is 5.32 Å². The van der Waals surface area contributed by atoms with Crippen LogP contribution in [0.15, 0.2) is 35.7 Å². The lowest BCUT2D eigenvalue weighted by atomic mass is 10.2. The van der Waals surface area contributed by atoms with Gasteiger partial charge in [0.1, 0.15) is 0 Å². The average Bonchev–Trinajstić information content (AvgIpc) is 2.15. The van der Waals surface area contributed by atoms with Gasteiger partial charge in [0.2, 0.25) is 0 Å². The highest BCUT2D eigenvalue weighted by atomic mass is 16.6. The Morgan fingerprint density at radius 1 is 1.46 bits per heavy atom. The van der Waals surface area contributed by atoms with Gasteiger partial charge in [-0.1, -0.05) is 18.2 Å². The minimum Gasteiger partial charge on any atom is -0.387 e. The smallest absolute Gasteiger partial charge is 0.0832 e. The Morgan fingerprint density at radius 2 is 2.08 bits per heavy atom. The van der Waals surface area contributed by atoms with Crippen LogP contribution in [-0.4, -0.2) is 14.2 Å². The highest BCUT2D eigenvalue weighted by Crippen LogP contribution is 2.05. The summed E-state index contributed by atoms with van der Waals surface area (Å²) >= 11 is 0. The predicted molar refractivity (Wildman–Crippen MR) is 55.9 cm³/mol. The van der Waals surface area contributed by atoms with Gasteiger partial charge in [-0.25, -0.2) is 0 Å². The molecular weight excluding hydrogens is 164 g/mol. The molecule has 0 aromatic heterocycles. The van der Waals surface area contributed by atoms with Crippen LogP contribution in [0.5, 0.6) is 0 Å². The topological polar surface area (TPSA) is 33.3 Å². The summed E-state index contributed by atoms with van der Waals surface area (Å²) in [5.41, 5.74) is 5.53. The van der Waals surface area contributed by atoms with E-state index in [2.05, 4.69) is 17.4 Å². The van der Waals surface area contributed by atoms with Gasteiger partial charge >= 0.3 is 0 Å². The molecule has 0 saturated carbocycles. The van der Waals surface area contributed by atoms with Gasteiger partial charge in [0.25, 0.3) is 0 Å². The Kier molecular flexibility index (Phi) is 5.72. The normalized spacial score (nSPS) is 12.6. The molecule has 74 valence electrons. The molecular formula is C10H18N2O. The molecule has 0 amide bonds. The van der Waals surface area contributed by atoms with Crippen molar-refractivity contribution in [2.24, 2.45) is 0 Å². The minimum absolute atomic E-state index is 0.794. The zero-order chi connectivity index (χ0) is 10.3. The molecule has 2 N–H and O–H groups in total. The van der Waals surface area contributed by atoms with Crippen molar-refractivity contribution in [2.75, 3.05) is 14.2 Å². The predicted octanol–water partition coefficient (Wildman–Crippen LogP) is 1.72. The maximum Gasteiger partial charge on any atom is 0.0832 e. The second kappa shape index (κ2) is 6.31. The van der Waals surface area contributed by atoms with Gasteiger partial charge in [-0.2, -0.15) is 0 Å². The molecule has 0 aliphatic rings. The second-order valence-corrected chi connectivity index (χ2v) is 2.63. The molecule has 0 fully saturated rings. The summed E-state index contributed by atoms with van der Waals surface area (Å²) in [5, 5.41) is 2.95. The molecule has 0 aliphatic heterocycles. The van der Waals surface area contributed by atoms with Gasteiger partial charge in [0.15, 0.2) is 0 Å². The highest BCUT2D eigenvalue weighted by Gasteiger charge is 1.98. The maximum atomic E-state index is 4.83. The van der Waals surface area contributed by atoms with Gasteiger partial charge in [-0.05, 0) is 19.9 Å². The van der Waals surface area contributed by atoms with Crippen molar-refractivity contribution >= 4 is 0 Å². The van der Waals surface area contributed by atoms with Gasteiger partial charge in [-0.3, -0.25) is 10.3 Å². The van der Waals surface area contributed by atoms with Crippen molar-refractivity contribution in [3.05, 3.63) is 35.7 Å². The number of allylic oxidation sites excluding steroid dienone is 3. The molecule has 0 spiro atoms. The third-order valence-corrected chi connectivity index (χ3v) is 1.67. The van der Waals surface area contributed by atoms with E-state index in [9.17, 15) is 0 Å². The summed E-state index contributed by atoms with van der Waals surface area (Å²) in [6.07, 6.45) is 3.97. The van der Waals surface area contributed by atoms with Crippen LogP contribution >= 0.6 is 0 Å². The standard InChI is InChI=1S/C10H18N2O/c1-6-8(2)7-10(12-13-5)9(3)11-4/h6-7,11-12H,3H2,1-2,4-5H3/b8-6-,10-7+. The second-order valence-electron chi connectivity index (χ2n) is 2.63. The minimum atomic E-state index is 0.794. The Hall–Kier alpha value is -1.22. The molecule has 0 rings (SSSR count). The molecule has 0 aromatic rings. The van der Waals surface area contributed by atoms with Crippen LogP contribution in [0.4, 0.5) is 0 Å². The number of likely N-dealkylation sites (N-methyl/N-ethyl adjacent to an activating group) is 1. The maximum absolute atomic E-state index is 4.83. The van der Waals surface area contributed by atoms with Crippen molar-refractivity contribution in [1.82, 2.24) is 10.8 Å². The number of hydrogen-bond donors (Lipinski definition) is 2. The van der Waals surface area contributed by atoms with Crippen molar-refractivity contribution in [2.45, 2.75) is 13.8 Å². The quantitative estimate of drug-likeness (QED) is 0.501. The Labute approximate surface area is 80.1 Å². The van der Waals surface area contributed by atoms with E-state index in [0.29, 0.717) is 0 Å². The molecule has 0 unspecified atom stereocenters. The number of hydrogen-bond acceptors (Lipinski definition) is 3. The summed E-state index contributed by atoms with van der Waals surface area (Å²) in [7, 11) is 3.39. The lowest BCUT2D eigenvalue weighted by molar-refractivity contribution is 0.119. The first-order valence-corrected chi connectivity index (χ1v) is 4.16. The first kappa shape index (κ1) is 11.8. The van der Waals surface area contributed by atoms with E-state index in [1.807, 2.05) is 33.0 Å². The van der Waals surface area contributed by atoms with Crippen LogP contribution < -0.4 is 10.8 Å². The summed E-state index contributed by atoms with van der Waals surface area (Å²) in [6, 6.07) is 0. The molecule has 3 heteroatoms. The summed E-state index contributed by atoms with van der Waals surface area (Å²) in [4.78, 5) is 4.83. The van der Waals surface area contributed by atoms with E-state index >= 15 is 0 Å². The molecule has 0 aromatic carbocycles. The van der Waals surface area contributed by atoms with E-state index in [4.69, 9.17) is 4.84 Å². The Bertz CT molecular complexity index is 229. The zero-order valence-corrected chi connectivity index (χ0v) is 8.77. The van der Waals surface area contributed by atoms with E-state index in [0.717, 1.165) is 17.0 Å². The number of hydroxylamine groups is 1. The van der Waals surface area contributed by atoms with Gasteiger partial charge in [-0.15, -0.1) is 0 Å². The molecule has 0 bridgehead atoms. The molecule has 13 heavy (non-hydrogen) atoms. The van der Waals surface area contributed by atoms with Crippen molar-refractivity contribution in [3.8, 4) is 0 Å². The Balaban J connectivity index is 4.59. The lowest BCUT2D eigenvalue weighted by Gasteiger charge is -2.11. The highest BCUT2D eigenvalue weighted by molar-refractivity contribution is 5.31. The average molecular weight is 182 g/mol. The van der Waals surface area contributed by atoms with E-state index in [1.54, 1.807) is 7.11 Å². The monoisotopic (exact) mass is 182 g/mol. The van der Waals surface area contributed by atoms with Crippen molar-refractivity contribution < 1.29 is 4.84 Å². The lowest BCUT2D eigenvalue weighted by Crippen LogP contribution is -2.19. The summed E-state index contributed by atoms with van der Waals surface area (Å²) in [6.45, 7) is 7.83. The molecule has 0 aliphatic carbocycles. The largest absolute Gasteiger partial charge is 0.387 e. The fraction of sp³-hybridized carbons (Fsp3) is 0.400. The van der Waals surface area contributed by atoms with Crippen molar-refractivity contribution in [3.63, 3.8) is 0 Å². The van der Waals surface area contributed by atoms with Gasteiger partial charge in [0, 0.05) is 7.05 Å². The van der Waals surface area contributed by atoms with Crippen LogP contribution in [0.25, 0.3) is 0 Å². The molecule has 0 atom stereocenters. The van der Waals surface area contributed by atoms with Crippen LogP contribution in [-0.2, 0) is 4.84 Å². The van der Waals surface area contributed by atoms with Crippen LogP contribution in [0, 0.1) is 0 Å². The van der Waals surface area contributed by atoms with E-state index < -0.39 is 0 Å². The third-order valence-electron chi connectivity index (χ3n) is 1.67. The van der Waals surface area contributed by atoms with E-state index in [-0.39, 0.29) is 0 Å². The molecule has 0 heterocycles. The third kappa shape index (κ3) is 4.38.